The maximum atomic E-state index is 12.1. The lowest BCUT2D eigenvalue weighted by atomic mass is 9.91. The zero-order chi connectivity index (χ0) is 41.2. The predicted octanol–water partition coefficient (Wildman–Crippen LogP) is 7.31. The molecule has 58 heavy (non-hydrogen) atoms. The molecule has 6 rings (SSSR count). The monoisotopic (exact) mass is 810 g/mol. The molecule has 2 aliphatic heterocycles. The van der Waals surface area contributed by atoms with Gasteiger partial charge in [0.15, 0.2) is 5.60 Å². The summed E-state index contributed by atoms with van der Waals surface area (Å²) < 4.78 is 18.8. The molecular formula is C45H51ClN4O8. The largest absolute Gasteiger partial charge is 0.488 e. The molecule has 0 aliphatic carbocycles. The van der Waals surface area contributed by atoms with Crippen LogP contribution in [0.5, 0.6) is 11.5 Å². The van der Waals surface area contributed by atoms with Gasteiger partial charge in [-0.1, -0.05) is 54.4 Å². The molecule has 0 bridgehead atoms. The first-order chi connectivity index (χ1) is 28.0. The second-order valence-corrected chi connectivity index (χ2v) is 15.7. The normalized spacial score (nSPS) is 17.1. The second kappa shape index (κ2) is 19.6. The van der Waals surface area contributed by atoms with Gasteiger partial charge >= 0.3 is 11.9 Å². The van der Waals surface area contributed by atoms with Crippen molar-refractivity contribution in [1.29, 1.82) is 5.26 Å². The van der Waals surface area contributed by atoms with Gasteiger partial charge in [-0.05, 0) is 98.0 Å². The van der Waals surface area contributed by atoms with Crippen molar-refractivity contribution in [2.45, 2.75) is 90.4 Å². The number of benzene rings is 3. The third-order valence-electron chi connectivity index (χ3n) is 11.4. The SMILES string of the molecule is Cc1c(COCCCN2CCC(O)(C(=O)O)CC2)cccc1-c1cccc(COc2cc(OCc3cncc(C#N)c3)c(CN3CCCC[C@H]3C(=O)O)cc2Cl)c1C. The van der Waals surface area contributed by atoms with E-state index >= 15 is 0 Å². The Bertz CT molecular complexity index is 2130. The van der Waals surface area contributed by atoms with Gasteiger partial charge in [0, 0.05) is 62.4 Å². The summed E-state index contributed by atoms with van der Waals surface area (Å²) in [5, 5.41) is 39.1. The van der Waals surface area contributed by atoms with Crippen molar-refractivity contribution in [3.05, 3.63) is 111 Å². The van der Waals surface area contributed by atoms with E-state index in [9.17, 15) is 30.2 Å². The van der Waals surface area contributed by atoms with Crippen LogP contribution in [0.4, 0.5) is 0 Å². The Morgan fingerprint density at radius 2 is 1.59 bits per heavy atom. The van der Waals surface area contributed by atoms with Gasteiger partial charge in [0.05, 0.1) is 17.2 Å². The van der Waals surface area contributed by atoms with E-state index in [0.29, 0.717) is 67.9 Å². The van der Waals surface area contributed by atoms with Crippen molar-refractivity contribution < 1.29 is 39.1 Å². The number of pyridine rings is 1. The number of halogens is 1. The number of aliphatic hydroxyl groups is 1. The number of rotatable bonds is 17. The van der Waals surface area contributed by atoms with Crippen LogP contribution in [0.3, 0.4) is 0 Å². The van der Waals surface area contributed by atoms with Crippen LogP contribution in [0.1, 0.15) is 77.5 Å². The third-order valence-corrected chi connectivity index (χ3v) is 11.7. The van der Waals surface area contributed by atoms with E-state index in [1.54, 1.807) is 24.4 Å². The maximum absolute atomic E-state index is 12.1. The van der Waals surface area contributed by atoms with E-state index in [4.69, 9.17) is 25.8 Å². The number of ether oxygens (including phenoxy) is 3. The van der Waals surface area contributed by atoms with Gasteiger partial charge in [-0.25, -0.2) is 4.79 Å². The number of hydrogen-bond donors (Lipinski definition) is 3. The standard InChI is InChI=1S/C45H51ClN4O8/c1-30-34(28-56-19-7-15-49-17-13-45(55,14-18-49)44(53)54)8-5-10-37(30)38-11-6-9-35(31(38)2)29-58-42-22-41(57-27-33-20-32(23-47)24-48-25-33)36(21-39(42)46)26-50-16-4-3-12-40(50)43(51)52/h5-6,8-11,20-22,24-25,40,55H,3-4,7,12-19,26-29H2,1-2H3,(H,51,52)(H,53,54)/t40-/m0/s1. The summed E-state index contributed by atoms with van der Waals surface area (Å²) in [6, 6.07) is 19.2. The lowest BCUT2D eigenvalue weighted by Crippen LogP contribution is -2.49. The molecule has 3 heterocycles. The van der Waals surface area contributed by atoms with Gasteiger partial charge in [0.25, 0.3) is 0 Å². The maximum Gasteiger partial charge on any atom is 0.335 e. The third kappa shape index (κ3) is 10.5. The minimum atomic E-state index is -1.61. The Morgan fingerprint density at radius 1 is 0.897 bits per heavy atom. The average Bonchev–Trinajstić information content (AvgIpc) is 3.22. The number of carboxylic acid groups (broad SMARTS) is 2. The van der Waals surface area contributed by atoms with E-state index in [2.05, 4.69) is 48.0 Å². The van der Waals surface area contributed by atoms with Crippen molar-refractivity contribution in [1.82, 2.24) is 14.8 Å². The first-order valence-corrected chi connectivity index (χ1v) is 20.2. The molecular weight excluding hydrogens is 760 g/mol. The Balaban J connectivity index is 1.12. The van der Waals surface area contributed by atoms with E-state index in [-0.39, 0.29) is 26.1 Å². The minimum absolute atomic E-state index is 0.143. The van der Waals surface area contributed by atoms with Gasteiger partial charge < -0.3 is 34.4 Å². The highest BCUT2D eigenvalue weighted by Gasteiger charge is 2.39. The van der Waals surface area contributed by atoms with Crippen LogP contribution < -0.4 is 9.47 Å². The number of hydrogen-bond acceptors (Lipinski definition) is 10. The quantitative estimate of drug-likeness (QED) is 0.0913. The first-order valence-electron chi connectivity index (χ1n) is 19.8. The number of carbonyl (C=O) groups is 2. The summed E-state index contributed by atoms with van der Waals surface area (Å²) in [7, 11) is 0. The molecule has 3 aromatic carbocycles. The van der Waals surface area contributed by atoms with Crippen molar-refractivity contribution in [3.8, 4) is 28.7 Å². The van der Waals surface area contributed by atoms with Crippen LogP contribution in [0.2, 0.25) is 5.02 Å². The minimum Gasteiger partial charge on any atom is -0.488 e. The molecule has 12 nitrogen and oxygen atoms in total. The van der Waals surface area contributed by atoms with E-state index in [1.165, 1.54) is 6.20 Å². The topological polar surface area (TPSA) is 166 Å². The Hall–Kier alpha value is -5.03. The molecule has 0 amide bonds. The van der Waals surface area contributed by atoms with Crippen LogP contribution in [0.25, 0.3) is 11.1 Å². The number of piperidine rings is 2. The highest BCUT2D eigenvalue weighted by molar-refractivity contribution is 6.32. The molecule has 13 heteroatoms. The average molecular weight is 811 g/mol. The summed E-state index contributed by atoms with van der Waals surface area (Å²) in [6.45, 7) is 8.48. The van der Waals surface area contributed by atoms with Gasteiger partial charge in [0.2, 0.25) is 0 Å². The lowest BCUT2D eigenvalue weighted by molar-refractivity contribution is -0.163. The van der Waals surface area contributed by atoms with Crippen LogP contribution >= 0.6 is 11.6 Å². The molecule has 0 spiro atoms. The number of aliphatic carboxylic acids is 2. The van der Waals surface area contributed by atoms with Gasteiger partial charge in [-0.2, -0.15) is 5.26 Å². The first kappa shape index (κ1) is 42.6. The fraction of sp³-hybridized carbons (Fsp3) is 0.422. The fourth-order valence-electron chi connectivity index (χ4n) is 7.76. The Kier molecular flexibility index (Phi) is 14.4. The number of carboxylic acids is 2. The summed E-state index contributed by atoms with van der Waals surface area (Å²) in [6.07, 6.45) is 6.75. The number of nitriles is 1. The van der Waals surface area contributed by atoms with E-state index in [1.807, 2.05) is 23.1 Å². The molecule has 306 valence electrons. The molecule has 2 fully saturated rings. The smallest absolute Gasteiger partial charge is 0.335 e. The molecule has 2 aliphatic rings. The Morgan fingerprint density at radius 3 is 2.26 bits per heavy atom. The summed E-state index contributed by atoms with van der Waals surface area (Å²) in [5.74, 6) is -1.05. The van der Waals surface area contributed by atoms with Crippen LogP contribution in [-0.4, -0.2) is 86.5 Å². The predicted molar refractivity (Wildman–Crippen MR) is 219 cm³/mol. The molecule has 0 radical (unpaired) electrons. The van der Waals surface area contributed by atoms with Crippen molar-refractivity contribution in [2.75, 3.05) is 32.8 Å². The molecule has 1 aromatic heterocycles. The van der Waals surface area contributed by atoms with Crippen molar-refractivity contribution >= 4 is 23.5 Å². The van der Waals surface area contributed by atoms with Gasteiger partial charge in [-0.15, -0.1) is 0 Å². The molecule has 3 N–H and O–H groups in total. The number of nitrogens with zero attached hydrogens (tertiary/aromatic N) is 4. The number of likely N-dealkylation sites (tertiary alicyclic amines) is 2. The second-order valence-electron chi connectivity index (χ2n) is 15.2. The zero-order valence-corrected chi connectivity index (χ0v) is 33.8. The van der Waals surface area contributed by atoms with Crippen LogP contribution in [0, 0.1) is 25.2 Å². The van der Waals surface area contributed by atoms with Crippen molar-refractivity contribution in [3.63, 3.8) is 0 Å². The molecule has 0 saturated carbocycles. The molecule has 0 unspecified atom stereocenters. The number of aromatic nitrogens is 1. The van der Waals surface area contributed by atoms with E-state index in [0.717, 1.165) is 70.3 Å². The molecule has 1 atom stereocenters. The Labute approximate surface area is 344 Å². The zero-order valence-electron chi connectivity index (χ0n) is 33.1. The van der Waals surface area contributed by atoms with Crippen molar-refractivity contribution in [2.24, 2.45) is 0 Å². The van der Waals surface area contributed by atoms with Crippen LogP contribution in [-0.2, 0) is 40.7 Å². The summed E-state index contributed by atoms with van der Waals surface area (Å²) in [4.78, 5) is 31.7. The van der Waals surface area contributed by atoms with Gasteiger partial charge in [-0.3, -0.25) is 14.7 Å². The fourth-order valence-corrected chi connectivity index (χ4v) is 8.00. The summed E-state index contributed by atoms with van der Waals surface area (Å²) in [5.41, 5.74) is 6.73. The highest BCUT2D eigenvalue weighted by atomic mass is 35.5. The summed E-state index contributed by atoms with van der Waals surface area (Å²) >= 11 is 6.86. The van der Waals surface area contributed by atoms with Gasteiger partial charge in [0.1, 0.15) is 36.8 Å². The van der Waals surface area contributed by atoms with E-state index < -0.39 is 23.6 Å². The molecule has 4 aromatic rings. The lowest BCUT2D eigenvalue weighted by Gasteiger charge is -2.35. The molecule has 2 saturated heterocycles. The highest BCUT2D eigenvalue weighted by Crippen LogP contribution is 2.37. The van der Waals surface area contributed by atoms with Crippen LogP contribution in [0.15, 0.2) is 67.0 Å².